The van der Waals surface area contributed by atoms with Gasteiger partial charge in [-0.1, -0.05) is 24.3 Å². The minimum absolute atomic E-state index is 0.0662. The first-order valence-electron chi connectivity index (χ1n) is 10.0. The molecule has 1 N–H and O–H groups in total. The minimum atomic E-state index is 0.0662. The summed E-state index contributed by atoms with van der Waals surface area (Å²) in [5, 5.41) is 9.14. The van der Waals surface area contributed by atoms with Crippen LogP contribution in [-0.2, 0) is 17.8 Å². The molecule has 0 aromatic heterocycles. The van der Waals surface area contributed by atoms with Crippen molar-refractivity contribution >= 4 is 17.5 Å². The molecule has 2 aliphatic rings. The fraction of sp³-hybridized carbons (Fsp3) is 0.391. The largest absolute Gasteiger partial charge is 0.392 e. The van der Waals surface area contributed by atoms with Crippen molar-refractivity contribution in [1.82, 2.24) is 4.90 Å². The van der Waals surface area contributed by atoms with E-state index in [1.807, 2.05) is 41.3 Å². The van der Waals surface area contributed by atoms with Crippen LogP contribution >= 0.6 is 0 Å². The van der Waals surface area contributed by atoms with Crippen LogP contribution in [0.2, 0.25) is 0 Å². The second-order valence-electron chi connectivity index (χ2n) is 7.78. The van der Waals surface area contributed by atoms with E-state index in [9.17, 15) is 9.59 Å². The molecule has 0 radical (unpaired) electrons. The highest BCUT2D eigenvalue weighted by Gasteiger charge is 2.27. The molecule has 1 atom stereocenters. The van der Waals surface area contributed by atoms with Crippen molar-refractivity contribution in [1.29, 1.82) is 0 Å². The summed E-state index contributed by atoms with van der Waals surface area (Å²) in [5.74, 6) is 0.691. The third-order valence-corrected chi connectivity index (χ3v) is 5.80. The predicted octanol–water partition coefficient (Wildman–Crippen LogP) is 3.01. The summed E-state index contributed by atoms with van der Waals surface area (Å²) in [7, 11) is 0. The van der Waals surface area contributed by atoms with Gasteiger partial charge in [-0.15, -0.1) is 0 Å². The molecule has 0 bridgehead atoms. The van der Waals surface area contributed by atoms with Crippen molar-refractivity contribution in [2.45, 2.75) is 32.3 Å². The molecule has 0 aliphatic carbocycles. The number of aliphatic hydroxyl groups excluding tert-OH is 1. The average molecular weight is 378 g/mol. The number of rotatable bonds is 5. The summed E-state index contributed by atoms with van der Waals surface area (Å²) < 4.78 is 0. The maximum atomic E-state index is 12.8. The van der Waals surface area contributed by atoms with Gasteiger partial charge in [0.05, 0.1) is 6.61 Å². The molecule has 0 saturated carbocycles. The molecule has 28 heavy (non-hydrogen) atoms. The first kappa shape index (κ1) is 18.7. The number of likely N-dealkylation sites (tertiary alicyclic amines) is 1. The van der Waals surface area contributed by atoms with Crippen LogP contribution in [-0.4, -0.2) is 41.5 Å². The molecular formula is C23H26N2O3. The molecule has 4 rings (SSSR count). The van der Waals surface area contributed by atoms with Gasteiger partial charge in [0, 0.05) is 37.3 Å². The van der Waals surface area contributed by atoms with Gasteiger partial charge < -0.3 is 14.9 Å². The van der Waals surface area contributed by atoms with E-state index in [1.54, 1.807) is 4.90 Å². The van der Waals surface area contributed by atoms with E-state index >= 15 is 0 Å². The second kappa shape index (κ2) is 8.15. The third kappa shape index (κ3) is 3.94. The van der Waals surface area contributed by atoms with Crippen LogP contribution in [0.5, 0.6) is 0 Å². The molecule has 2 fully saturated rings. The Morgan fingerprint density at radius 3 is 2.36 bits per heavy atom. The second-order valence-corrected chi connectivity index (χ2v) is 7.78. The number of hydrogen-bond donors (Lipinski definition) is 1. The van der Waals surface area contributed by atoms with Crippen molar-refractivity contribution in [2.75, 3.05) is 24.5 Å². The average Bonchev–Trinajstić information content (AvgIpc) is 3.37. The Hall–Kier alpha value is -2.66. The molecule has 146 valence electrons. The van der Waals surface area contributed by atoms with E-state index < -0.39 is 0 Å². The Labute approximate surface area is 165 Å². The maximum absolute atomic E-state index is 12.8. The standard InChI is InChI=1S/C23H26N2O3/c26-16-18-5-3-17(4-6-18)14-19-11-13-24(15-19)23(28)20-7-9-21(10-8-20)25-12-1-2-22(25)27/h3-10,19,26H,1-2,11-16H2/t19-/m1/s1. The van der Waals surface area contributed by atoms with Gasteiger partial charge in [-0.05, 0) is 60.6 Å². The molecule has 5 nitrogen and oxygen atoms in total. The van der Waals surface area contributed by atoms with Gasteiger partial charge in [-0.25, -0.2) is 0 Å². The summed E-state index contributed by atoms with van der Waals surface area (Å²) in [6.07, 6.45) is 3.47. The lowest BCUT2D eigenvalue weighted by Gasteiger charge is -2.19. The lowest BCUT2D eigenvalue weighted by molar-refractivity contribution is -0.117. The van der Waals surface area contributed by atoms with Crippen LogP contribution in [0.15, 0.2) is 48.5 Å². The molecule has 2 aromatic carbocycles. The van der Waals surface area contributed by atoms with Crippen molar-refractivity contribution in [3.05, 3.63) is 65.2 Å². The van der Waals surface area contributed by atoms with Gasteiger partial charge in [0.15, 0.2) is 0 Å². The molecular weight excluding hydrogens is 352 g/mol. The zero-order valence-electron chi connectivity index (χ0n) is 16.0. The van der Waals surface area contributed by atoms with Crippen molar-refractivity contribution in [3.8, 4) is 0 Å². The van der Waals surface area contributed by atoms with Crippen LogP contribution in [0.25, 0.3) is 0 Å². The van der Waals surface area contributed by atoms with Crippen molar-refractivity contribution in [3.63, 3.8) is 0 Å². The van der Waals surface area contributed by atoms with Gasteiger partial charge in [-0.3, -0.25) is 9.59 Å². The highest BCUT2D eigenvalue weighted by molar-refractivity contribution is 5.97. The normalized spacial score (nSPS) is 19.5. The molecule has 0 unspecified atom stereocenters. The number of amides is 2. The van der Waals surface area contributed by atoms with Crippen LogP contribution in [0.3, 0.4) is 0 Å². The molecule has 2 saturated heterocycles. The Morgan fingerprint density at radius 1 is 1.00 bits per heavy atom. The van der Waals surface area contributed by atoms with Gasteiger partial charge in [-0.2, -0.15) is 0 Å². The third-order valence-electron chi connectivity index (χ3n) is 5.80. The van der Waals surface area contributed by atoms with E-state index in [-0.39, 0.29) is 18.4 Å². The number of benzene rings is 2. The van der Waals surface area contributed by atoms with Gasteiger partial charge in [0.2, 0.25) is 5.91 Å². The summed E-state index contributed by atoms with van der Waals surface area (Å²) in [6.45, 7) is 2.38. The zero-order chi connectivity index (χ0) is 19.5. The smallest absolute Gasteiger partial charge is 0.253 e. The van der Waals surface area contributed by atoms with Crippen LogP contribution in [0.1, 0.15) is 40.7 Å². The van der Waals surface area contributed by atoms with Crippen LogP contribution < -0.4 is 4.90 Å². The topological polar surface area (TPSA) is 60.9 Å². The Bertz CT molecular complexity index is 845. The number of hydrogen-bond acceptors (Lipinski definition) is 3. The van der Waals surface area contributed by atoms with E-state index in [1.165, 1.54) is 5.56 Å². The minimum Gasteiger partial charge on any atom is -0.392 e. The molecule has 5 heteroatoms. The van der Waals surface area contributed by atoms with Crippen LogP contribution in [0, 0.1) is 5.92 Å². The highest BCUT2D eigenvalue weighted by Crippen LogP contribution is 2.25. The summed E-state index contributed by atoms with van der Waals surface area (Å²) in [4.78, 5) is 28.4. The molecule has 2 aliphatic heterocycles. The molecule has 2 aromatic rings. The van der Waals surface area contributed by atoms with Gasteiger partial charge >= 0.3 is 0 Å². The fourth-order valence-corrected chi connectivity index (χ4v) is 4.19. The SMILES string of the molecule is O=C(c1ccc(N2CCCC2=O)cc1)N1CC[C@H](Cc2ccc(CO)cc2)C1. The lowest BCUT2D eigenvalue weighted by atomic mass is 9.98. The number of carbonyl (C=O) groups is 2. The summed E-state index contributed by atoms with van der Waals surface area (Å²) in [6, 6.07) is 15.5. The van der Waals surface area contributed by atoms with Gasteiger partial charge in [0.1, 0.15) is 0 Å². The summed E-state index contributed by atoms with van der Waals surface area (Å²) in [5.41, 5.74) is 3.73. The van der Waals surface area contributed by atoms with E-state index in [0.717, 1.165) is 50.1 Å². The molecule has 2 amide bonds. The molecule has 2 heterocycles. The van der Waals surface area contributed by atoms with Crippen LogP contribution in [0.4, 0.5) is 5.69 Å². The van der Waals surface area contributed by atoms with E-state index in [0.29, 0.717) is 17.9 Å². The number of aliphatic hydroxyl groups is 1. The Balaban J connectivity index is 1.35. The lowest BCUT2D eigenvalue weighted by Crippen LogP contribution is -2.29. The highest BCUT2D eigenvalue weighted by atomic mass is 16.3. The Kier molecular flexibility index (Phi) is 5.44. The first-order valence-corrected chi connectivity index (χ1v) is 10.0. The monoisotopic (exact) mass is 378 g/mol. The van der Waals surface area contributed by atoms with Crippen molar-refractivity contribution in [2.24, 2.45) is 5.92 Å². The first-order chi connectivity index (χ1) is 13.6. The Morgan fingerprint density at radius 2 is 1.71 bits per heavy atom. The number of anilines is 1. The van der Waals surface area contributed by atoms with Crippen molar-refractivity contribution < 1.29 is 14.7 Å². The zero-order valence-corrected chi connectivity index (χ0v) is 16.0. The maximum Gasteiger partial charge on any atom is 0.253 e. The number of carbonyl (C=O) groups excluding carboxylic acids is 2. The molecule has 0 spiro atoms. The quantitative estimate of drug-likeness (QED) is 0.870. The summed E-state index contributed by atoms with van der Waals surface area (Å²) >= 11 is 0. The predicted molar refractivity (Wildman–Crippen MR) is 108 cm³/mol. The number of nitrogens with zero attached hydrogens (tertiary/aromatic N) is 2. The van der Waals surface area contributed by atoms with E-state index in [4.69, 9.17) is 5.11 Å². The fourth-order valence-electron chi connectivity index (χ4n) is 4.19. The van der Waals surface area contributed by atoms with Gasteiger partial charge in [0.25, 0.3) is 5.91 Å². The van der Waals surface area contributed by atoms with E-state index in [2.05, 4.69) is 12.1 Å².